The zero-order valence-corrected chi connectivity index (χ0v) is 12.6. The van der Waals surface area contributed by atoms with Crippen LogP contribution >= 0.6 is 0 Å². The van der Waals surface area contributed by atoms with Crippen molar-refractivity contribution in [2.45, 2.75) is 12.8 Å². The van der Waals surface area contributed by atoms with Gasteiger partial charge >= 0.3 is 0 Å². The van der Waals surface area contributed by atoms with Gasteiger partial charge in [-0.15, -0.1) is 0 Å². The minimum Gasteiger partial charge on any atom is -0.489 e. The van der Waals surface area contributed by atoms with Crippen LogP contribution in [0.5, 0.6) is 5.75 Å². The molecule has 3 heteroatoms. The maximum absolute atomic E-state index is 5.70. The first kappa shape index (κ1) is 15.1. The van der Waals surface area contributed by atoms with Crippen LogP contribution in [0, 0.1) is 0 Å². The smallest absolute Gasteiger partial charge is 0.122 e. The highest BCUT2D eigenvalue weighted by Gasteiger charge is 2.13. The number of para-hydroxylation sites is 1. The van der Waals surface area contributed by atoms with E-state index in [0.29, 0.717) is 6.61 Å². The lowest BCUT2D eigenvalue weighted by atomic mass is 10.1. The maximum atomic E-state index is 5.70. The predicted octanol–water partition coefficient (Wildman–Crippen LogP) is 2.43. The Morgan fingerprint density at radius 3 is 2.70 bits per heavy atom. The largest absolute Gasteiger partial charge is 0.489 e. The van der Waals surface area contributed by atoms with Gasteiger partial charge in [-0.3, -0.25) is 0 Å². The van der Waals surface area contributed by atoms with Gasteiger partial charge in [-0.25, -0.2) is 0 Å². The first-order valence-electron chi connectivity index (χ1n) is 7.52. The quantitative estimate of drug-likeness (QED) is 0.710. The van der Waals surface area contributed by atoms with Crippen LogP contribution in [0.25, 0.3) is 0 Å². The molecule has 0 saturated carbocycles. The summed E-state index contributed by atoms with van der Waals surface area (Å²) in [6.07, 6.45) is 4.07. The molecule has 1 aliphatic rings. The Labute approximate surface area is 122 Å². The highest BCUT2D eigenvalue weighted by molar-refractivity contribution is 5.33. The highest BCUT2D eigenvalue weighted by Crippen LogP contribution is 2.19. The molecule has 1 aliphatic heterocycles. The normalized spacial score (nSPS) is 17.1. The van der Waals surface area contributed by atoms with Crippen molar-refractivity contribution in [1.29, 1.82) is 0 Å². The molecule has 1 fully saturated rings. The molecule has 2 rings (SSSR count). The molecule has 110 valence electrons. The van der Waals surface area contributed by atoms with Crippen molar-refractivity contribution in [2.24, 2.45) is 0 Å². The number of aryl methyl sites for hydroxylation is 1. The second-order valence-corrected chi connectivity index (χ2v) is 5.46. The van der Waals surface area contributed by atoms with E-state index in [1.54, 1.807) is 6.08 Å². The monoisotopic (exact) mass is 274 g/mol. The zero-order valence-electron chi connectivity index (χ0n) is 12.6. The van der Waals surface area contributed by atoms with Crippen LogP contribution in [-0.4, -0.2) is 56.2 Å². The van der Waals surface area contributed by atoms with Crippen LogP contribution in [0.1, 0.15) is 12.0 Å². The summed E-state index contributed by atoms with van der Waals surface area (Å²) in [5.74, 6) is 1.01. The molecular weight excluding hydrogens is 248 g/mol. The molecule has 3 nitrogen and oxygen atoms in total. The molecule has 1 aromatic carbocycles. The third kappa shape index (κ3) is 4.66. The summed E-state index contributed by atoms with van der Waals surface area (Å²) in [6.45, 7) is 10.2. The maximum Gasteiger partial charge on any atom is 0.122 e. The predicted molar refractivity (Wildman–Crippen MR) is 84.4 cm³/mol. The van der Waals surface area contributed by atoms with Gasteiger partial charge < -0.3 is 14.5 Å². The minimum absolute atomic E-state index is 0.579. The van der Waals surface area contributed by atoms with Crippen LogP contribution in [0.4, 0.5) is 0 Å². The molecule has 1 saturated heterocycles. The van der Waals surface area contributed by atoms with E-state index < -0.39 is 0 Å². The van der Waals surface area contributed by atoms with E-state index in [2.05, 4.69) is 41.6 Å². The van der Waals surface area contributed by atoms with Gasteiger partial charge in [0.05, 0.1) is 0 Å². The summed E-state index contributed by atoms with van der Waals surface area (Å²) in [4.78, 5) is 4.96. The van der Waals surface area contributed by atoms with Crippen molar-refractivity contribution in [2.75, 3.05) is 46.4 Å². The Morgan fingerprint density at radius 2 is 1.95 bits per heavy atom. The van der Waals surface area contributed by atoms with E-state index in [0.717, 1.165) is 12.2 Å². The Kier molecular flexibility index (Phi) is 6.09. The summed E-state index contributed by atoms with van der Waals surface area (Å²) >= 11 is 0. The molecule has 1 aromatic rings. The van der Waals surface area contributed by atoms with Gasteiger partial charge in [-0.2, -0.15) is 0 Å². The van der Waals surface area contributed by atoms with Gasteiger partial charge in [0, 0.05) is 26.2 Å². The fourth-order valence-corrected chi connectivity index (χ4v) is 2.56. The molecule has 0 amide bonds. The molecule has 0 spiro atoms. The Morgan fingerprint density at radius 1 is 1.20 bits per heavy atom. The van der Waals surface area contributed by atoms with Gasteiger partial charge in [0.15, 0.2) is 0 Å². The second kappa shape index (κ2) is 8.08. The number of piperazine rings is 1. The van der Waals surface area contributed by atoms with Crippen LogP contribution < -0.4 is 4.74 Å². The van der Waals surface area contributed by atoms with E-state index in [-0.39, 0.29) is 0 Å². The summed E-state index contributed by atoms with van der Waals surface area (Å²) in [5, 5.41) is 0. The van der Waals surface area contributed by atoms with Gasteiger partial charge in [-0.1, -0.05) is 30.9 Å². The van der Waals surface area contributed by atoms with Gasteiger partial charge in [0.2, 0.25) is 0 Å². The van der Waals surface area contributed by atoms with Crippen LogP contribution in [0.2, 0.25) is 0 Å². The molecule has 0 bridgehead atoms. The van der Waals surface area contributed by atoms with Crippen molar-refractivity contribution in [3.8, 4) is 5.75 Å². The SMILES string of the molecule is C=CCOc1ccccc1CCCN1CCN(C)CC1. The average molecular weight is 274 g/mol. The van der Waals surface area contributed by atoms with E-state index >= 15 is 0 Å². The van der Waals surface area contributed by atoms with Crippen LogP contribution in [0.3, 0.4) is 0 Å². The van der Waals surface area contributed by atoms with Crippen molar-refractivity contribution < 1.29 is 4.74 Å². The van der Waals surface area contributed by atoms with E-state index in [4.69, 9.17) is 4.74 Å². The average Bonchev–Trinajstić information content (AvgIpc) is 2.48. The molecule has 0 aliphatic carbocycles. The van der Waals surface area contributed by atoms with Gasteiger partial charge in [0.25, 0.3) is 0 Å². The minimum atomic E-state index is 0.579. The molecular formula is C17H26N2O. The molecule has 0 N–H and O–H groups in total. The zero-order chi connectivity index (χ0) is 14.2. The molecule has 0 unspecified atom stereocenters. The molecule has 0 aromatic heterocycles. The third-order valence-electron chi connectivity index (χ3n) is 3.85. The Bertz CT molecular complexity index is 411. The molecule has 20 heavy (non-hydrogen) atoms. The first-order valence-corrected chi connectivity index (χ1v) is 7.52. The first-order chi connectivity index (χ1) is 9.79. The lowest BCUT2D eigenvalue weighted by Gasteiger charge is -2.32. The van der Waals surface area contributed by atoms with Gasteiger partial charge in [-0.05, 0) is 38.1 Å². The van der Waals surface area contributed by atoms with E-state index in [1.165, 1.54) is 44.7 Å². The standard InChI is InChI=1S/C17H26N2O/c1-3-15-20-17-9-5-4-7-16(17)8-6-10-19-13-11-18(2)12-14-19/h3-5,7,9H,1,6,8,10-15H2,2H3. The van der Waals surface area contributed by atoms with Crippen molar-refractivity contribution in [3.05, 3.63) is 42.5 Å². The molecule has 1 heterocycles. The lowest BCUT2D eigenvalue weighted by molar-refractivity contribution is 0.153. The van der Waals surface area contributed by atoms with Crippen molar-refractivity contribution >= 4 is 0 Å². The fourth-order valence-electron chi connectivity index (χ4n) is 2.56. The fraction of sp³-hybridized carbons (Fsp3) is 0.529. The Hall–Kier alpha value is -1.32. The molecule has 0 atom stereocenters. The summed E-state index contributed by atoms with van der Waals surface area (Å²) in [7, 11) is 2.20. The third-order valence-corrected chi connectivity index (χ3v) is 3.85. The Balaban J connectivity index is 1.77. The van der Waals surface area contributed by atoms with Crippen molar-refractivity contribution in [3.63, 3.8) is 0 Å². The number of hydrogen-bond donors (Lipinski definition) is 0. The van der Waals surface area contributed by atoms with Crippen LogP contribution in [0.15, 0.2) is 36.9 Å². The number of ether oxygens (including phenoxy) is 1. The number of rotatable bonds is 7. The van der Waals surface area contributed by atoms with Crippen molar-refractivity contribution in [1.82, 2.24) is 9.80 Å². The summed E-state index contributed by atoms with van der Waals surface area (Å²) in [6, 6.07) is 8.34. The highest BCUT2D eigenvalue weighted by atomic mass is 16.5. The number of likely N-dealkylation sites (N-methyl/N-ethyl adjacent to an activating group) is 1. The van der Waals surface area contributed by atoms with Gasteiger partial charge in [0.1, 0.15) is 12.4 Å². The number of nitrogens with zero attached hydrogens (tertiary/aromatic N) is 2. The number of benzene rings is 1. The second-order valence-electron chi connectivity index (χ2n) is 5.46. The summed E-state index contributed by atoms with van der Waals surface area (Å²) < 4.78 is 5.70. The van der Waals surface area contributed by atoms with Crippen LogP contribution in [-0.2, 0) is 6.42 Å². The van der Waals surface area contributed by atoms with E-state index in [1.807, 2.05) is 6.07 Å². The van der Waals surface area contributed by atoms with E-state index in [9.17, 15) is 0 Å². The topological polar surface area (TPSA) is 15.7 Å². The summed E-state index contributed by atoms with van der Waals surface area (Å²) in [5.41, 5.74) is 1.31. The molecule has 0 radical (unpaired) electrons. The number of hydrogen-bond acceptors (Lipinski definition) is 3. The lowest BCUT2D eigenvalue weighted by Crippen LogP contribution is -2.44.